The average Bonchev–Trinajstić information content (AvgIpc) is 2.91. The third-order valence-corrected chi connectivity index (χ3v) is 6.45. The molecule has 0 radical (unpaired) electrons. The molecule has 30 heavy (non-hydrogen) atoms. The van der Waals surface area contributed by atoms with Crippen molar-refractivity contribution in [3.63, 3.8) is 0 Å². The lowest BCUT2D eigenvalue weighted by atomic mass is 9.88. The normalized spacial score (nSPS) is 18.4. The van der Waals surface area contributed by atoms with Gasteiger partial charge in [0.1, 0.15) is 6.04 Å². The van der Waals surface area contributed by atoms with Crippen molar-refractivity contribution in [2.75, 3.05) is 11.9 Å². The Hall–Kier alpha value is -3.18. The average molecular weight is 399 g/mol. The minimum Gasteiger partial charge on any atom is -0.343 e. The summed E-state index contributed by atoms with van der Waals surface area (Å²) in [6.45, 7) is 2.32. The van der Waals surface area contributed by atoms with Crippen LogP contribution in [-0.4, -0.2) is 30.9 Å². The van der Waals surface area contributed by atoms with Gasteiger partial charge in [-0.3, -0.25) is 9.59 Å². The number of fused-ring (bicyclic) bond motifs is 4. The fraction of sp³-hybridized carbons (Fsp3) is 0.280. The van der Waals surface area contributed by atoms with E-state index in [4.69, 9.17) is 0 Å². The molecule has 0 aliphatic carbocycles. The van der Waals surface area contributed by atoms with E-state index in [2.05, 4.69) is 53.1 Å². The number of amides is 2. The first-order valence-corrected chi connectivity index (χ1v) is 10.5. The number of hydrogen-bond donors (Lipinski definition) is 2. The number of para-hydroxylation sites is 1. The van der Waals surface area contributed by atoms with Crippen LogP contribution in [0.15, 0.2) is 54.6 Å². The maximum absolute atomic E-state index is 13.6. The summed E-state index contributed by atoms with van der Waals surface area (Å²) in [5.41, 5.74) is 5.63. The largest absolute Gasteiger partial charge is 0.343 e. The zero-order chi connectivity index (χ0) is 20.8. The topological polar surface area (TPSA) is 61.4 Å². The number of nitrogens with one attached hydrogen (secondary N) is 2. The van der Waals surface area contributed by atoms with E-state index in [1.807, 2.05) is 17.0 Å². The lowest BCUT2D eigenvalue weighted by molar-refractivity contribution is -0.128. The van der Waals surface area contributed by atoms with Gasteiger partial charge >= 0.3 is 0 Å². The van der Waals surface area contributed by atoms with Crippen LogP contribution < -0.4 is 15.5 Å². The SMILES string of the molecule is CNC(C)C(=O)NC1CCc2cccc3c2N(Cc2c-3ccc3ccccc23)C1=O. The Balaban J connectivity index is 1.62. The first kappa shape index (κ1) is 18.8. The zero-order valence-corrected chi connectivity index (χ0v) is 17.2. The molecule has 0 saturated carbocycles. The molecule has 2 unspecified atom stereocenters. The lowest BCUT2D eigenvalue weighted by Gasteiger charge is -2.34. The Kier molecular flexibility index (Phi) is 4.55. The molecule has 5 heteroatoms. The van der Waals surface area contributed by atoms with Gasteiger partial charge in [-0.2, -0.15) is 0 Å². The van der Waals surface area contributed by atoms with E-state index in [-0.39, 0.29) is 17.9 Å². The fourth-order valence-electron chi connectivity index (χ4n) is 4.69. The predicted octanol–water partition coefficient (Wildman–Crippen LogP) is 3.39. The van der Waals surface area contributed by atoms with E-state index >= 15 is 0 Å². The molecule has 2 atom stereocenters. The summed E-state index contributed by atoms with van der Waals surface area (Å²) in [4.78, 5) is 28.0. The monoisotopic (exact) mass is 399 g/mol. The maximum Gasteiger partial charge on any atom is 0.249 e. The van der Waals surface area contributed by atoms with Gasteiger partial charge in [0.25, 0.3) is 0 Å². The van der Waals surface area contributed by atoms with E-state index in [1.54, 1.807) is 14.0 Å². The number of likely N-dealkylation sites (N-methyl/N-ethyl adjacent to an activating group) is 1. The second kappa shape index (κ2) is 7.26. The number of nitrogens with zero attached hydrogens (tertiary/aromatic N) is 1. The van der Waals surface area contributed by atoms with Gasteiger partial charge in [-0.1, -0.05) is 54.6 Å². The molecule has 3 aromatic carbocycles. The van der Waals surface area contributed by atoms with E-state index in [9.17, 15) is 9.59 Å². The molecule has 0 bridgehead atoms. The van der Waals surface area contributed by atoms with Gasteiger partial charge in [0.15, 0.2) is 0 Å². The van der Waals surface area contributed by atoms with Crippen LogP contribution in [-0.2, 0) is 22.6 Å². The van der Waals surface area contributed by atoms with Gasteiger partial charge in [0.05, 0.1) is 18.3 Å². The summed E-state index contributed by atoms with van der Waals surface area (Å²) in [5.74, 6) is -0.179. The van der Waals surface area contributed by atoms with Crippen molar-refractivity contribution < 1.29 is 9.59 Å². The van der Waals surface area contributed by atoms with Crippen LogP contribution in [0, 0.1) is 0 Å². The molecule has 152 valence electrons. The summed E-state index contributed by atoms with van der Waals surface area (Å²) in [6.07, 6.45) is 1.36. The molecule has 2 heterocycles. The molecular weight excluding hydrogens is 374 g/mol. The van der Waals surface area contributed by atoms with Crippen LogP contribution in [0.2, 0.25) is 0 Å². The van der Waals surface area contributed by atoms with Crippen molar-refractivity contribution in [3.05, 3.63) is 65.7 Å². The molecule has 0 spiro atoms. The molecule has 2 N–H and O–H groups in total. The zero-order valence-electron chi connectivity index (χ0n) is 17.2. The molecule has 0 fully saturated rings. The van der Waals surface area contributed by atoms with E-state index in [0.29, 0.717) is 13.0 Å². The Morgan fingerprint density at radius 3 is 2.73 bits per heavy atom. The highest BCUT2D eigenvalue weighted by Gasteiger charge is 2.36. The highest BCUT2D eigenvalue weighted by atomic mass is 16.2. The second-order valence-electron chi connectivity index (χ2n) is 8.16. The Morgan fingerprint density at radius 1 is 1.07 bits per heavy atom. The van der Waals surface area contributed by atoms with Crippen molar-refractivity contribution in [2.45, 2.75) is 38.4 Å². The summed E-state index contributed by atoms with van der Waals surface area (Å²) in [6, 6.07) is 18.1. The minimum absolute atomic E-state index is 0.0311. The second-order valence-corrected chi connectivity index (χ2v) is 8.16. The van der Waals surface area contributed by atoms with Gasteiger partial charge in [-0.05, 0) is 54.3 Å². The fourth-order valence-corrected chi connectivity index (χ4v) is 4.69. The molecule has 2 aliphatic rings. The molecule has 5 nitrogen and oxygen atoms in total. The first-order valence-electron chi connectivity index (χ1n) is 10.5. The van der Waals surface area contributed by atoms with E-state index in [0.717, 1.165) is 23.2 Å². The van der Waals surface area contributed by atoms with Gasteiger partial charge in [0, 0.05) is 5.56 Å². The summed E-state index contributed by atoms with van der Waals surface area (Å²) >= 11 is 0. The predicted molar refractivity (Wildman–Crippen MR) is 119 cm³/mol. The first-order chi connectivity index (χ1) is 14.6. The molecule has 5 rings (SSSR count). The lowest BCUT2D eigenvalue weighted by Crippen LogP contribution is -2.52. The number of hydrogen-bond acceptors (Lipinski definition) is 3. The van der Waals surface area contributed by atoms with Crippen LogP contribution in [0.1, 0.15) is 24.5 Å². The van der Waals surface area contributed by atoms with Crippen LogP contribution in [0.4, 0.5) is 5.69 Å². The van der Waals surface area contributed by atoms with Crippen LogP contribution in [0.25, 0.3) is 21.9 Å². The van der Waals surface area contributed by atoms with Gasteiger partial charge < -0.3 is 15.5 Å². The van der Waals surface area contributed by atoms with Crippen LogP contribution >= 0.6 is 0 Å². The van der Waals surface area contributed by atoms with E-state index < -0.39 is 6.04 Å². The Labute approximate surface area is 176 Å². The summed E-state index contributed by atoms with van der Waals surface area (Å²) < 4.78 is 0. The maximum atomic E-state index is 13.6. The Bertz CT molecular complexity index is 1170. The van der Waals surface area contributed by atoms with Gasteiger partial charge in [0.2, 0.25) is 11.8 Å². The molecular formula is C25H25N3O2. The van der Waals surface area contributed by atoms with Crippen molar-refractivity contribution >= 4 is 28.3 Å². The highest BCUT2D eigenvalue weighted by molar-refractivity contribution is 6.07. The number of carbonyl (C=O) groups is 2. The van der Waals surface area contributed by atoms with Gasteiger partial charge in [-0.15, -0.1) is 0 Å². The van der Waals surface area contributed by atoms with Gasteiger partial charge in [-0.25, -0.2) is 0 Å². The molecule has 0 aromatic heterocycles. The minimum atomic E-state index is -0.523. The standard InChI is InChI=1S/C25H25N3O2/c1-15(26-2)24(29)27-22-13-11-17-7-5-9-20-19-12-10-16-6-3-4-8-18(16)21(19)14-28(23(17)20)25(22)30/h3-10,12,15,22,26H,11,13-14H2,1-2H3,(H,27,29). The molecule has 0 saturated heterocycles. The quantitative estimate of drug-likeness (QED) is 0.710. The number of aryl methyl sites for hydroxylation is 1. The molecule has 3 aromatic rings. The van der Waals surface area contributed by atoms with E-state index in [1.165, 1.54) is 21.9 Å². The number of carbonyl (C=O) groups excluding carboxylic acids is 2. The highest BCUT2D eigenvalue weighted by Crippen LogP contribution is 2.45. The van der Waals surface area contributed by atoms with Crippen LogP contribution in [0.5, 0.6) is 0 Å². The van der Waals surface area contributed by atoms with Crippen molar-refractivity contribution in [2.24, 2.45) is 0 Å². The summed E-state index contributed by atoms with van der Waals surface area (Å²) in [5, 5.41) is 8.26. The molecule has 2 aliphatic heterocycles. The van der Waals surface area contributed by atoms with Crippen LogP contribution in [0.3, 0.4) is 0 Å². The number of benzene rings is 3. The van der Waals surface area contributed by atoms with Crippen molar-refractivity contribution in [1.82, 2.24) is 10.6 Å². The third kappa shape index (κ3) is 2.89. The summed E-state index contributed by atoms with van der Waals surface area (Å²) in [7, 11) is 1.74. The number of anilines is 1. The molecule has 2 amide bonds. The number of rotatable bonds is 3. The van der Waals surface area contributed by atoms with Crippen molar-refractivity contribution in [1.29, 1.82) is 0 Å². The van der Waals surface area contributed by atoms with Crippen molar-refractivity contribution in [3.8, 4) is 11.1 Å². The smallest absolute Gasteiger partial charge is 0.249 e. The third-order valence-electron chi connectivity index (χ3n) is 6.45. The Morgan fingerprint density at radius 2 is 1.90 bits per heavy atom.